The van der Waals surface area contributed by atoms with E-state index in [0.717, 1.165) is 0 Å². The molecule has 2 aliphatic rings. The largest absolute Gasteiger partial charge is 0.502 e. The minimum atomic E-state index is -7.92. The number of alkyl halides is 9. The van der Waals surface area contributed by atoms with Crippen LogP contribution in [0.5, 0.6) is 0 Å². The molecule has 1 fully saturated rings. The Labute approximate surface area is 206 Å². The Kier molecular flexibility index (Phi) is 7.64. The normalized spacial score (nSPS) is 31.8. The SMILES string of the molecule is O=S(=O)(/C(=C1\C(F)=C(F)c2c(F)c(F)c(F)c(F)c2C1F)S(=O)(=O)C(F)(F)F)C1C(F)C(F)C(F)C(F)C1F. The summed E-state index contributed by atoms with van der Waals surface area (Å²) in [7, 11) is -15.3. The van der Waals surface area contributed by atoms with Crippen molar-refractivity contribution in [2.75, 3.05) is 0 Å². The number of fused-ring (bicyclic) bond motifs is 1. The average molecular weight is 636 g/mol. The van der Waals surface area contributed by atoms with Crippen LogP contribution in [0.25, 0.3) is 5.83 Å². The van der Waals surface area contributed by atoms with Crippen molar-refractivity contribution >= 4 is 25.5 Å². The van der Waals surface area contributed by atoms with E-state index >= 15 is 4.39 Å². The molecule has 3 rings (SSSR count). The maximum atomic E-state index is 15.2. The third-order valence-electron chi connectivity index (χ3n) is 5.69. The molecule has 0 aliphatic heterocycles. The lowest BCUT2D eigenvalue weighted by Crippen LogP contribution is -2.59. The Bertz CT molecular complexity index is 1480. The summed E-state index contributed by atoms with van der Waals surface area (Å²) in [6.45, 7) is 0. The maximum Gasteiger partial charge on any atom is 0.502 e. The predicted octanol–water partition coefficient (Wildman–Crippen LogP) is 5.51. The molecule has 0 N–H and O–H groups in total. The molecule has 2 aliphatic carbocycles. The highest BCUT2D eigenvalue weighted by Gasteiger charge is 2.64. The van der Waals surface area contributed by atoms with Crippen LogP contribution in [-0.4, -0.2) is 58.5 Å². The number of sulfone groups is 2. The van der Waals surface area contributed by atoms with Gasteiger partial charge in [0.15, 0.2) is 86.0 Å². The molecule has 220 valence electrons. The highest BCUT2D eigenvalue weighted by atomic mass is 32.3. The van der Waals surface area contributed by atoms with Crippen molar-refractivity contribution in [3.05, 3.63) is 50.0 Å². The van der Waals surface area contributed by atoms with E-state index in [4.69, 9.17) is 0 Å². The lowest BCUT2D eigenvalue weighted by molar-refractivity contribution is -0.0477. The molecule has 0 radical (unpaired) electrons. The molecule has 1 aromatic rings. The zero-order valence-corrected chi connectivity index (χ0v) is 19.3. The van der Waals surface area contributed by atoms with E-state index in [2.05, 4.69) is 0 Å². The van der Waals surface area contributed by atoms with Gasteiger partial charge in [0.2, 0.25) is 0 Å². The lowest BCUT2D eigenvalue weighted by Gasteiger charge is -2.36. The molecule has 0 bridgehead atoms. The molecule has 5 atom stereocenters. The molecule has 0 saturated heterocycles. The molecule has 0 heterocycles. The number of hydrogen-bond donors (Lipinski definition) is 0. The summed E-state index contributed by atoms with van der Waals surface area (Å²) in [5.41, 5.74) is -15.5. The molecule has 1 saturated carbocycles. The minimum Gasteiger partial charge on any atom is -0.243 e. The number of hydrogen-bond acceptors (Lipinski definition) is 4. The third kappa shape index (κ3) is 4.29. The molecule has 0 aromatic heterocycles. The van der Waals surface area contributed by atoms with Gasteiger partial charge < -0.3 is 0 Å². The van der Waals surface area contributed by atoms with Gasteiger partial charge in [-0.05, 0) is 0 Å². The van der Waals surface area contributed by atoms with Crippen LogP contribution in [0.1, 0.15) is 17.3 Å². The van der Waals surface area contributed by atoms with Crippen LogP contribution in [0.15, 0.2) is 15.6 Å². The Morgan fingerprint density at radius 1 is 0.590 bits per heavy atom. The fourth-order valence-electron chi connectivity index (χ4n) is 3.86. The summed E-state index contributed by atoms with van der Waals surface area (Å²) in [6, 6.07) is 0. The van der Waals surface area contributed by atoms with Crippen molar-refractivity contribution in [1.82, 2.24) is 0 Å². The Hall–Kier alpha value is -2.45. The quantitative estimate of drug-likeness (QED) is 0.250. The summed E-state index contributed by atoms with van der Waals surface area (Å²) in [5.74, 6) is -18.7. The standard InChI is InChI=1S/C18H7F15O4S2/c19-4-1-2(7(22)10(25)9(24)6(1)21)5(20)8(23)3(4)17(39(36,37)18(31,32)33)38(34,35)16-14(29)12(27)11(26)13(28)15(16)30/h4,11-16H/b17-3+. The molecule has 5 unspecified atom stereocenters. The highest BCUT2D eigenvalue weighted by Crippen LogP contribution is 2.52. The van der Waals surface area contributed by atoms with Gasteiger partial charge in [-0.2, -0.15) is 13.2 Å². The molecular formula is C18H7F15O4S2. The molecular weight excluding hydrogens is 629 g/mol. The molecule has 39 heavy (non-hydrogen) atoms. The first-order valence-corrected chi connectivity index (χ1v) is 12.6. The fraction of sp³-hybridized carbons (Fsp3) is 0.444. The first kappa shape index (κ1) is 31.1. The van der Waals surface area contributed by atoms with Crippen LogP contribution in [0.4, 0.5) is 65.9 Å². The summed E-state index contributed by atoms with van der Waals surface area (Å²) in [4.78, 5) is 0. The third-order valence-corrected chi connectivity index (χ3v) is 10.3. The smallest absolute Gasteiger partial charge is 0.243 e. The molecule has 0 spiro atoms. The van der Waals surface area contributed by atoms with E-state index in [1.165, 1.54) is 0 Å². The lowest BCUT2D eigenvalue weighted by atomic mass is 9.89. The zero-order chi connectivity index (χ0) is 30.3. The van der Waals surface area contributed by atoms with Crippen molar-refractivity contribution < 1.29 is 82.7 Å². The van der Waals surface area contributed by atoms with Crippen LogP contribution in [0.3, 0.4) is 0 Å². The minimum absolute atomic E-state index is 2.53. The Balaban J connectivity index is 2.56. The van der Waals surface area contributed by atoms with Gasteiger partial charge in [0, 0.05) is 5.56 Å². The van der Waals surface area contributed by atoms with Crippen LogP contribution >= 0.6 is 0 Å². The first-order chi connectivity index (χ1) is 17.5. The van der Waals surface area contributed by atoms with Gasteiger partial charge in [-0.1, -0.05) is 0 Å². The second-order valence-corrected chi connectivity index (χ2v) is 12.1. The van der Waals surface area contributed by atoms with Crippen molar-refractivity contribution in [3.8, 4) is 0 Å². The van der Waals surface area contributed by atoms with E-state index < -0.39 is 123 Å². The molecule has 1 aromatic carbocycles. The molecule has 21 heteroatoms. The Morgan fingerprint density at radius 3 is 1.44 bits per heavy atom. The van der Waals surface area contributed by atoms with Crippen molar-refractivity contribution in [2.45, 2.75) is 47.8 Å². The fourth-order valence-corrected chi connectivity index (χ4v) is 8.13. The van der Waals surface area contributed by atoms with E-state index in [1.54, 1.807) is 0 Å². The van der Waals surface area contributed by atoms with Crippen LogP contribution in [0, 0.1) is 23.3 Å². The molecule has 4 nitrogen and oxygen atoms in total. The van der Waals surface area contributed by atoms with Gasteiger partial charge in [-0.3, -0.25) is 0 Å². The number of benzene rings is 1. The molecule has 0 amide bonds. The van der Waals surface area contributed by atoms with Crippen molar-refractivity contribution in [2.24, 2.45) is 0 Å². The average Bonchev–Trinajstić information content (AvgIpc) is 2.82. The number of allylic oxidation sites excluding steroid dienone is 2. The van der Waals surface area contributed by atoms with Gasteiger partial charge in [-0.25, -0.2) is 69.5 Å². The summed E-state index contributed by atoms with van der Waals surface area (Å²) < 4.78 is 256. The van der Waals surface area contributed by atoms with E-state index in [-0.39, 0.29) is 0 Å². The highest BCUT2D eigenvalue weighted by molar-refractivity contribution is 8.15. The van der Waals surface area contributed by atoms with Crippen molar-refractivity contribution in [3.63, 3.8) is 0 Å². The van der Waals surface area contributed by atoms with E-state index in [9.17, 15) is 78.3 Å². The predicted molar refractivity (Wildman–Crippen MR) is 98.4 cm³/mol. The van der Waals surface area contributed by atoms with Gasteiger partial charge in [-0.15, -0.1) is 0 Å². The van der Waals surface area contributed by atoms with Gasteiger partial charge in [0.25, 0.3) is 9.84 Å². The van der Waals surface area contributed by atoms with E-state index in [0.29, 0.717) is 0 Å². The van der Waals surface area contributed by atoms with Crippen LogP contribution in [-0.2, 0) is 19.7 Å². The zero-order valence-electron chi connectivity index (χ0n) is 17.7. The summed E-state index contributed by atoms with van der Waals surface area (Å²) >= 11 is 0. The monoisotopic (exact) mass is 636 g/mol. The maximum absolute atomic E-state index is 15.2. The Morgan fingerprint density at radius 2 is 1.00 bits per heavy atom. The second-order valence-electron chi connectivity index (χ2n) is 7.92. The second kappa shape index (κ2) is 9.58. The topological polar surface area (TPSA) is 68.3 Å². The summed E-state index contributed by atoms with van der Waals surface area (Å²) in [6.07, 6.45) is -24.9. The van der Waals surface area contributed by atoms with E-state index in [1.807, 2.05) is 0 Å². The van der Waals surface area contributed by atoms with Crippen LogP contribution in [0.2, 0.25) is 0 Å². The first-order valence-electron chi connectivity index (χ1n) is 9.60. The number of halogens is 15. The number of rotatable bonds is 3. The van der Waals surface area contributed by atoms with Crippen LogP contribution < -0.4 is 0 Å². The van der Waals surface area contributed by atoms with Gasteiger partial charge in [0.05, 0.1) is 11.1 Å². The summed E-state index contributed by atoms with van der Waals surface area (Å²) in [5, 5.41) is -4.34. The van der Waals surface area contributed by atoms with Gasteiger partial charge in [0.1, 0.15) is 5.25 Å². The van der Waals surface area contributed by atoms with Crippen molar-refractivity contribution in [1.29, 1.82) is 0 Å². The van der Waals surface area contributed by atoms with Gasteiger partial charge >= 0.3 is 5.51 Å².